The lowest BCUT2D eigenvalue weighted by Gasteiger charge is -2.22. The minimum atomic E-state index is -3.30. The molecule has 0 atom stereocenters. The van der Waals surface area contributed by atoms with Gasteiger partial charge in [-0.2, -0.15) is 0 Å². The first-order valence-electron chi connectivity index (χ1n) is 9.58. The number of hydrogen-bond donors (Lipinski definition) is 2. The predicted octanol–water partition coefficient (Wildman–Crippen LogP) is 3.87. The van der Waals surface area contributed by atoms with Gasteiger partial charge < -0.3 is 14.5 Å². The molecule has 0 bridgehead atoms. The Balaban J connectivity index is 1.90. The number of amides is 1. The van der Waals surface area contributed by atoms with Gasteiger partial charge in [-0.1, -0.05) is 29.3 Å². The van der Waals surface area contributed by atoms with Crippen molar-refractivity contribution < 1.29 is 22.3 Å². The lowest BCUT2D eigenvalue weighted by atomic mass is 10.1. The minimum Gasteiger partial charge on any atom is -0.479 e. The third-order valence-electron chi connectivity index (χ3n) is 4.94. The van der Waals surface area contributed by atoms with E-state index in [2.05, 4.69) is 15.3 Å². The Morgan fingerprint density at radius 3 is 2.62 bits per heavy atom. The van der Waals surface area contributed by atoms with Crippen LogP contribution in [0.5, 0.6) is 5.88 Å². The predicted molar refractivity (Wildman–Crippen MR) is 127 cm³/mol. The number of nitrogens with one attached hydrogen (secondary N) is 1. The van der Waals surface area contributed by atoms with Crippen LogP contribution in [0, 0.1) is 5.82 Å². The number of nitrogens with zero attached hydrogens (tertiary/aromatic N) is 4. The quantitative estimate of drug-likeness (QED) is 0.371. The molecule has 4 rings (SSSR count). The first-order chi connectivity index (χ1) is 16.3. The lowest BCUT2D eigenvalue weighted by Crippen LogP contribution is -2.18. The standard InChI is InChI=1S/C21H16Cl2FN5O4S/c1-25-20(30)19-15-5-3-11(9-28(15)10-27-19)17-13(24)4-6-14(18(17)23)29(34(31)32)16-7-12(22)8-26-21(16)33-2/h3-10,34H,1-2H3,(H,25,30). The van der Waals surface area contributed by atoms with E-state index < -0.39 is 16.7 Å². The Morgan fingerprint density at radius 2 is 1.94 bits per heavy atom. The molecule has 0 spiro atoms. The summed E-state index contributed by atoms with van der Waals surface area (Å²) in [6.07, 6.45) is 4.24. The molecule has 34 heavy (non-hydrogen) atoms. The van der Waals surface area contributed by atoms with Crippen LogP contribution in [0.3, 0.4) is 0 Å². The largest absolute Gasteiger partial charge is 0.479 e. The number of aromatic nitrogens is 3. The van der Waals surface area contributed by atoms with Gasteiger partial charge in [-0.15, -0.1) is 0 Å². The van der Waals surface area contributed by atoms with Gasteiger partial charge in [-0.3, -0.25) is 4.79 Å². The zero-order valence-electron chi connectivity index (χ0n) is 17.6. The number of pyridine rings is 2. The summed E-state index contributed by atoms with van der Waals surface area (Å²) in [7, 11) is -0.498. The summed E-state index contributed by atoms with van der Waals surface area (Å²) in [5.41, 5.74) is 0.945. The van der Waals surface area contributed by atoms with Crippen molar-refractivity contribution in [3.63, 3.8) is 0 Å². The highest BCUT2D eigenvalue weighted by molar-refractivity contribution is 7.74. The number of thiol groups is 1. The highest BCUT2D eigenvalue weighted by atomic mass is 35.5. The van der Waals surface area contributed by atoms with Crippen LogP contribution >= 0.6 is 23.2 Å². The molecule has 13 heteroatoms. The van der Waals surface area contributed by atoms with E-state index in [4.69, 9.17) is 27.9 Å². The molecule has 1 amide bonds. The summed E-state index contributed by atoms with van der Waals surface area (Å²) in [6.45, 7) is 0. The van der Waals surface area contributed by atoms with E-state index in [0.717, 1.165) is 10.4 Å². The van der Waals surface area contributed by atoms with Gasteiger partial charge in [0, 0.05) is 30.6 Å². The molecule has 0 saturated carbocycles. The van der Waals surface area contributed by atoms with E-state index in [1.165, 1.54) is 49.4 Å². The van der Waals surface area contributed by atoms with E-state index in [1.54, 1.807) is 12.1 Å². The molecule has 0 aliphatic rings. The second-order valence-corrected chi connectivity index (χ2v) is 8.56. The van der Waals surface area contributed by atoms with Gasteiger partial charge in [0.15, 0.2) is 5.69 Å². The Bertz CT molecular complexity index is 1500. The maximum atomic E-state index is 15.0. The Morgan fingerprint density at radius 1 is 1.18 bits per heavy atom. The first kappa shape index (κ1) is 23.7. The van der Waals surface area contributed by atoms with Gasteiger partial charge in [0.1, 0.15) is 17.8 Å². The van der Waals surface area contributed by atoms with Crippen LogP contribution in [-0.4, -0.2) is 42.9 Å². The number of fused-ring (bicyclic) bond motifs is 1. The Labute approximate surface area is 204 Å². The summed E-state index contributed by atoms with van der Waals surface area (Å²) in [6, 6.07) is 6.81. The Kier molecular flexibility index (Phi) is 6.60. The van der Waals surface area contributed by atoms with E-state index in [-0.39, 0.29) is 44.5 Å². The SMILES string of the molecule is CNC(=O)c1ncn2cc(-c3c(F)ccc(N(c4cc(Cl)cnc4OC)[SH](=O)=O)c3Cl)ccc12. The molecule has 0 radical (unpaired) electrons. The fraction of sp³-hybridized carbons (Fsp3) is 0.0952. The smallest absolute Gasteiger partial charge is 0.271 e. The normalized spacial score (nSPS) is 11.1. The van der Waals surface area contributed by atoms with E-state index in [1.807, 2.05) is 0 Å². The molecule has 9 nitrogen and oxygen atoms in total. The van der Waals surface area contributed by atoms with Crippen molar-refractivity contribution >= 4 is 56.9 Å². The van der Waals surface area contributed by atoms with Crippen molar-refractivity contribution in [3.8, 4) is 17.0 Å². The second-order valence-electron chi connectivity index (χ2n) is 6.87. The molecule has 0 aliphatic carbocycles. The summed E-state index contributed by atoms with van der Waals surface area (Å²) >= 11 is 12.6. The third kappa shape index (κ3) is 4.13. The molecule has 0 saturated heterocycles. The van der Waals surface area contributed by atoms with Crippen LogP contribution in [0.25, 0.3) is 16.6 Å². The summed E-state index contributed by atoms with van der Waals surface area (Å²) < 4.78 is 47.1. The molecular weight excluding hydrogens is 508 g/mol. The number of carbonyl (C=O) groups is 1. The van der Waals surface area contributed by atoms with Crippen LogP contribution in [-0.2, 0) is 10.9 Å². The molecule has 0 aliphatic heterocycles. The van der Waals surface area contributed by atoms with Gasteiger partial charge in [0.2, 0.25) is 16.8 Å². The average molecular weight is 524 g/mol. The molecule has 176 valence electrons. The van der Waals surface area contributed by atoms with Gasteiger partial charge in [0.05, 0.1) is 28.4 Å². The zero-order chi connectivity index (χ0) is 24.6. The number of carbonyl (C=O) groups excluding carboxylic acids is 1. The highest BCUT2D eigenvalue weighted by Crippen LogP contribution is 2.43. The molecule has 0 fully saturated rings. The van der Waals surface area contributed by atoms with Crippen LogP contribution in [0.15, 0.2) is 49.1 Å². The van der Waals surface area contributed by atoms with Gasteiger partial charge in [-0.05, 0) is 24.3 Å². The van der Waals surface area contributed by atoms with Crippen molar-refractivity contribution in [1.82, 2.24) is 19.7 Å². The summed E-state index contributed by atoms with van der Waals surface area (Å²) in [5.74, 6) is -1.08. The van der Waals surface area contributed by atoms with Gasteiger partial charge in [0.25, 0.3) is 5.91 Å². The van der Waals surface area contributed by atoms with Crippen LogP contribution in [0.1, 0.15) is 10.5 Å². The number of rotatable bonds is 6. The van der Waals surface area contributed by atoms with Crippen molar-refractivity contribution in [2.75, 3.05) is 18.5 Å². The molecule has 0 unspecified atom stereocenters. The average Bonchev–Trinajstić information content (AvgIpc) is 3.23. The highest BCUT2D eigenvalue weighted by Gasteiger charge is 2.25. The van der Waals surface area contributed by atoms with Crippen LogP contribution < -0.4 is 14.4 Å². The monoisotopic (exact) mass is 523 g/mol. The molecule has 1 N–H and O–H groups in total. The van der Waals surface area contributed by atoms with E-state index in [0.29, 0.717) is 11.1 Å². The van der Waals surface area contributed by atoms with Crippen LogP contribution in [0.4, 0.5) is 15.8 Å². The summed E-state index contributed by atoms with van der Waals surface area (Å²) in [5, 5.41) is 2.49. The number of hydrogen-bond acceptors (Lipinski definition) is 6. The fourth-order valence-electron chi connectivity index (χ4n) is 3.44. The lowest BCUT2D eigenvalue weighted by molar-refractivity contribution is 0.0960. The number of ether oxygens (including phenoxy) is 1. The number of imidazole rings is 1. The Hall–Kier alpha value is -3.41. The molecule has 1 aromatic carbocycles. The maximum Gasteiger partial charge on any atom is 0.271 e. The molecule has 3 aromatic heterocycles. The van der Waals surface area contributed by atoms with Crippen molar-refractivity contribution in [3.05, 3.63) is 70.6 Å². The molecule has 3 heterocycles. The number of methoxy groups -OCH3 is 1. The molecule has 4 aromatic rings. The minimum absolute atomic E-state index is 0.00542. The van der Waals surface area contributed by atoms with Crippen molar-refractivity contribution in [1.29, 1.82) is 0 Å². The topological polar surface area (TPSA) is 106 Å². The van der Waals surface area contributed by atoms with E-state index >= 15 is 0 Å². The van der Waals surface area contributed by atoms with E-state index in [9.17, 15) is 17.6 Å². The third-order valence-corrected chi connectivity index (χ3v) is 6.29. The maximum absolute atomic E-state index is 15.0. The van der Waals surface area contributed by atoms with Gasteiger partial charge >= 0.3 is 0 Å². The number of benzene rings is 1. The first-order valence-corrected chi connectivity index (χ1v) is 11.5. The fourth-order valence-corrected chi connectivity index (χ4v) is 4.66. The van der Waals surface area contributed by atoms with Crippen molar-refractivity contribution in [2.45, 2.75) is 0 Å². The van der Waals surface area contributed by atoms with Crippen LogP contribution in [0.2, 0.25) is 10.0 Å². The molecular formula is C21H16Cl2FN5O4S. The second kappa shape index (κ2) is 9.45. The summed E-state index contributed by atoms with van der Waals surface area (Å²) in [4.78, 5) is 20.1. The number of anilines is 2. The van der Waals surface area contributed by atoms with Crippen molar-refractivity contribution in [2.24, 2.45) is 0 Å². The van der Waals surface area contributed by atoms with Gasteiger partial charge in [-0.25, -0.2) is 27.1 Å². The zero-order valence-corrected chi connectivity index (χ0v) is 20.0. The number of halogens is 3.